The van der Waals surface area contributed by atoms with Crippen molar-refractivity contribution in [3.8, 4) is 0 Å². The van der Waals surface area contributed by atoms with Gasteiger partial charge in [0.15, 0.2) is 11.8 Å². The standard InChI is InChI=1S/C20H35N7OS/c1-21-19(22-15-20(7-3-4-8-20)26-9-11-29-12-10-26)23-16-5-6-18-24-17(14-28-2)25-27(18)13-16/h16H,3-15H2,1-2H3,(H2,21,22,23). The van der Waals surface area contributed by atoms with Gasteiger partial charge in [0, 0.05) is 63.3 Å². The van der Waals surface area contributed by atoms with E-state index in [9.17, 15) is 0 Å². The van der Waals surface area contributed by atoms with Crippen LogP contribution in [0.1, 0.15) is 43.8 Å². The van der Waals surface area contributed by atoms with Crippen LogP contribution in [0.25, 0.3) is 0 Å². The van der Waals surface area contributed by atoms with Crippen LogP contribution in [-0.2, 0) is 24.3 Å². The summed E-state index contributed by atoms with van der Waals surface area (Å²) in [6, 6.07) is 0.316. The molecular formula is C20H35N7OS. The highest BCUT2D eigenvalue weighted by atomic mass is 32.2. The molecule has 9 heteroatoms. The minimum Gasteiger partial charge on any atom is -0.377 e. The number of guanidine groups is 1. The molecule has 3 heterocycles. The molecule has 0 radical (unpaired) electrons. The fraction of sp³-hybridized carbons (Fsp3) is 0.850. The molecule has 1 saturated carbocycles. The largest absolute Gasteiger partial charge is 0.377 e. The summed E-state index contributed by atoms with van der Waals surface area (Å²) in [5, 5.41) is 11.9. The molecule has 4 rings (SSSR count). The SMILES string of the molecule is CN=C(NCC1(N2CCSCC2)CCCC1)NC1CCc2nc(COC)nn2C1. The van der Waals surface area contributed by atoms with Crippen molar-refractivity contribution in [2.75, 3.05) is 45.3 Å². The Hall–Kier alpha value is -1.32. The van der Waals surface area contributed by atoms with Crippen molar-refractivity contribution in [2.24, 2.45) is 4.99 Å². The first-order chi connectivity index (χ1) is 14.2. The molecular weight excluding hydrogens is 386 g/mol. The average Bonchev–Trinajstić information content (AvgIpc) is 3.39. The van der Waals surface area contributed by atoms with Gasteiger partial charge in [0.25, 0.3) is 0 Å². The van der Waals surface area contributed by atoms with E-state index in [4.69, 9.17) is 4.74 Å². The van der Waals surface area contributed by atoms with E-state index in [0.29, 0.717) is 18.2 Å². The quantitative estimate of drug-likeness (QED) is 0.529. The van der Waals surface area contributed by atoms with Crippen molar-refractivity contribution in [3.63, 3.8) is 0 Å². The molecule has 8 nitrogen and oxygen atoms in total. The monoisotopic (exact) mass is 421 g/mol. The first-order valence-electron chi connectivity index (χ1n) is 10.9. The molecule has 0 aromatic carbocycles. The third-order valence-electron chi connectivity index (χ3n) is 6.54. The maximum atomic E-state index is 5.17. The third-order valence-corrected chi connectivity index (χ3v) is 7.48. The van der Waals surface area contributed by atoms with E-state index in [-0.39, 0.29) is 0 Å². The van der Waals surface area contributed by atoms with Crippen LogP contribution >= 0.6 is 11.8 Å². The molecule has 1 aliphatic carbocycles. The molecule has 0 bridgehead atoms. The third kappa shape index (κ3) is 4.88. The van der Waals surface area contributed by atoms with Crippen molar-refractivity contribution in [3.05, 3.63) is 11.6 Å². The molecule has 1 aromatic rings. The van der Waals surface area contributed by atoms with Gasteiger partial charge in [-0.25, -0.2) is 9.67 Å². The fourth-order valence-electron chi connectivity index (χ4n) is 4.98. The van der Waals surface area contributed by atoms with Gasteiger partial charge >= 0.3 is 0 Å². The second-order valence-corrected chi connectivity index (χ2v) is 9.62. The zero-order valence-electron chi connectivity index (χ0n) is 17.8. The number of hydrogen-bond donors (Lipinski definition) is 2. The van der Waals surface area contributed by atoms with Crippen molar-refractivity contribution in [1.82, 2.24) is 30.3 Å². The summed E-state index contributed by atoms with van der Waals surface area (Å²) in [6.45, 7) is 4.72. The van der Waals surface area contributed by atoms with Crippen molar-refractivity contribution >= 4 is 17.7 Å². The van der Waals surface area contributed by atoms with Crippen LogP contribution < -0.4 is 10.6 Å². The van der Waals surface area contributed by atoms with Gasteiger partial charge in [-0.3, -0.25) is 9.89 Å². The Morgan fingerprint density at radius 2 is 2.10 bits per heavy atom. The fourth-order valence-corrected chi connectivity index (χ4v) is 5.88. The first kappa shape index (κ1) is 20.9. The van der Waals surface area contributed by atoms with E-state index in [1.165, 1.54) is 50.3 Å². The van der Waals surface area contributed by atoms with Crippen LogP contribution in [0.3, 0.4) is 0 Å². The molecule has 29 heavy (non-hydrogen) atoms. The molecule has 0 amide bonds. The van der Waals surface area contributed by atoms with Crippen molar-refractivity contribution in [1.29, 1.82) is 0 Å². The van der Waals surface area contributed by atoms with E-state index < -0.39 is 0 Å². The molecule has 2 fully saturated rings. The number of nitrogens with one attached hydrogen (secondary N) is 2. The van der Waals surface area contributed by atoms with Crippen LogP contribution in [0.4, 0.5) is 0 Å². The molecule has 1 unspecified atom stereocenters. The Morgan fingerprint density at radius 3 is 2.83 bits per heavy atom. The molecule has 1 atom stereocenters. The number of nitrogens with zero attached hydrogens (tertiary/aromatic N) is 5. The number of hydrogen-bond acceptors (Lipinski definition) is 6. The van der Waals surface area contributed by atoms with Gasteiger partial charge in [-0.05, 0) is 19.3 Å². The Morgan fingerprint density at radius 1 is 1.31 bits per heavy atom. The van der Waals surface area contributed by atoms with Crippen LogP contribution in [-0.4, -0.2) is 82.5 Å². The number of fused-ring (bicyclic) bond motifs is 1. The lowest BCUT2D eigenvalue weighted by Crippen LogP contribution is -2.58. The molecule has 2 aliphatic heterocycles. The smallest absolute Gasteiger partial charge is 0.191 e. The van der Waals surface area contributed by atoms with Crippen LogP contribution in [0.2, 0.25) is 0 Å². The Balaban J connectivity index is 1.33. The summed E-state index contributed by atoms with van der Waals surface area (Å²) >= 11 is 2.09. The highest BCUT2D eigenvalue weighted by molar-refractivity contribution is 7.99. The van der Waals surface area contributed by atoms with Crippen LogP contribution in [0.5, 0.6) is 0 Å². The van der Waals surface area contributed by atoms with E-state index in [2.05, 4.69) is 42.4 Å². The van der Waals surface area contributed by atoms with Gasteiger partial charge in [-0.15, -0.1) is 0 Å². The van der Waals surface area contributed by atoms with Crippen LogP contribution in [0, 0.1) is 0 Å². The van der Waals surface area contributed by atoms with Crippen molar-refractivity contribution < 1.29 is 4.74 Å². The van der Waals surface area contributed by atoms with Gasteiger partial charge < -0.3 is 15.4 Å². The second kappa shape index (κ2) is 9.66. The summed E-state index contributed by atoms with van der Waals surface area (Å²) in [5.74, 6) is 5.28. The molecule has 162 valence electrons. The number of thioether (sulfide) groups is 1. The van der Waals surface area contributed by atoms with Gasteiger partial charge in [-0.1, -0.05) is 12.8 Å². The number of aromatic nitrogens is 3. The number of aliphatic imine (C=N–C) groups is 1. The Bertz CT molecular complexity index is 695. The average molecular weight is 422 g/mol. The predicted octanol–water partition coefficient (Wildman–Crippen LogP) is 1.27. The normalized spacial score (nSPS) is 25.0. The minimum atomic E-state index is 0.305. The molecule has 1 saturated heterocycles. The second-order valence-electron chi connectivity index (χ2n) is 8.40. The van der Waals surface area contributed by atoms with E-state index >= 15 is 0 Å². The van der Waals surface area contributed by atoms with Gasteiger partial charge in [0.05, 0.1) is 6.54 Å². The number of ether oxygens (including phenoxy) is 1. The van der Waals surface area contributed by atoms with Gasteiger partial charge in [-0.2, -0.15) is 16.9 Å². The summed E-state index contributed by atoms with van der Waals surface area (Å²) in [4.78, 5) is 11.8. The molecule has 2 N–H and O–H groups in total. The lowest BCUT2D eigenvalue weighted by molar-refractivity contribution is 0.107. The number of aryl methyl sites for hydroxylation is 1. The lowest BCUT2D eigenvalue weighted by atomic mass is 9.94. The maximum Gasteiger partial charge on any atom is 0.191 e. The minimum absolute atomic E-state index is 0.305. The van der Waals surface area contributed by atoms with Gasteiger partial charge in [0.1, 0.15) is 12.4 Å². The molecule has 0 spiro atoms. The first-order valence-corrected chi connectivity index (χ1v) is 12.1. The predicted molar refractivity (Wildman–Crippen MR) is 117 cm³/mol. The highest BCUT2D eigenvalue weighted by Gasteiger charge is 2.40. The van der Waals surface area contributed by atoms with E-state index in [1.54, 1.807) is 7.11 Å². The zero-order valence-corrected chi connectivity index (χ0v) is 18.6. The lowest BCUT2D eigenvalue weighted by Gasteiger charge is -2.44. The summed E-state index contributed by atoms with van der Waals surface area (Å²) in [6.07, 6.45) is 7.27. The zero-order chi connectivity index (χ0) is 20.1. The molecule has 3 aliphatic rings. The van der Waals surface area contributed by atoms with E-state index in [1.807, 2.05) is 11.7 Å². The van der Waals surface area contributed by atoms with Gasteiger partial charge in [0.2, 0.25) is 0 Å². The van der Waals surface area contributed by atoms with E-state index in [0.717, 1.165) is 43.5 Å². The summed E-state index contributed by atoms with van der Waals surface area (Å²) < 4.78 is 7.19. The molecule has 1 aromatic heterocycles. The Kier molecular flexibility index (Phi) is 6.97. The van der Waals surface area contributed by atoms with Crippen LogP contribution in [0.15, 0.2) is 4.99 Å². The maximum absolute atomic E-state index is 5.17. The number of methoxy groups -OCH3 is 1. The van der Waals surface area contributed by atoms with Crippen molar-refractivity contribution in [2.45, 2.75) is 63.3 Å². The number of rotatable bonds is 6. The summed E-state index contributed by atoms with van der Waals surface area (Å²) in [5.41, 5.74) is 0.305. The highest BCUT2D eigenvalue weighted by Crippen LogP contribution is 2.36. The Labute approximate surface area is 178 Å². The topological polar surface area (TPSA) is 79.6 Å². The summed E-state index contributed by atoms with van der Waals surface area (Å²) in [7, 11) is 3.55.